The molecule has 3 aliphatic carbocycles. The van der Waals surface area contributed by atoms with E-state index in [-0.39, 0.29) is 28.7 Å². The number of rotatable bonds is 2. The van der Waals surface area contributed by atoms with Crippen LogP contribution in [-0.4, -0.2) is 49.0 Å². The summed E-state index contributed by atoms with van der Waals surface area (Å²) in [5.74, 6) is 3.53. The van der Waals surface area contributed by atoms with Crippen molar-refractivity contribution in [1.82, 2.24) is 4.90 Å². The first-order chi connectivity index (χ1) is 13.7. The third kappa shape index (κ3) is 3.26. The number of amides is 1. The standard InChI is InChI=1S/C22H32FNO3.CH2S/c1-21-11-9-15-13(14(21)6-7-16(21)19(23)20(26)27-4)5-8-17-22(15,2)12-10-18(25)24(17)3;1-2/h10,12-17,19H,5-9,11H2,1-4H3;1H2. The van der Waals surface area contributed by atoms with Crippen LogP contribution in [0, 0.1) is 34.5 Å². The summed E-state index contributed by atoms with van der Waals surface area (Å²) in [6.07, 6.45) is 8.28. The number of halogens is 1. The largest absolute Gasteiger partial charge is 0.467 e. The van der Waals surface area contributed by atoms with Crippen LogP contribution >= 0.6 is 12.2 Å². The lowest BCUT2D eigenvalue weighted by molar-refractivity contribution is -0.153. The Hall–Kier alpha value is -1.30. The lowest BCUT2D eigenvalue weighted by Crippen LogP contribution is -2.59. The molecule has 6 heteroatoms. The third-order valence-corrected chi connectivity index (χ3v) is 8.98. The highest BCUT2D eigenvalue weighted by Crippen LogP contribution is 2.66. The molecular formula is C23H34FNO3S. The summed E-state index contributed by atoms with van der Waals surface area (Å²) in [5, 5.41) is 0. The summed E-state index contributed by atoms with van der Waals surface area (Å²) < 4.78 is 19.6. The number of ether oxygens (including phenoxy) is 1. The summed E-state index contributed by atoms with van der Waals surface area (Å²) in [6.45, 7) is 4.53. The molecule has 8 unspecified atom stereocenters. The van der Waals surface area contributed by atoms with Gasteiger partial charge in [-0.25, -0.2) is 9.18 Å². The summed E-state index contributed by atoms with van der Waals surface area (Å²) >= 11 is 3.83. The van der Waals surface area contributed by atoms with Crippen LogP contribution in [0.3, 0.4) is 0 Å². The van der Waals surface area contributed by atoms with Crippen molar-refractivity contribution in [2.75, 3.05) is 14.2 Å². The second-order valence-corrected chi connectivity index (χ2v) is 9.77. The highest BCUT2D eigenvalue weighted by molar-refractivity contribution is 7.77. The smallest absolute Gasteiger partial charge is 0.340 e. The van der Waals surface area contributed by atoms with Gasteiger partial charge in [0, 0.05) is 24.4 Å². The number of thiocarbonyl (C=S) groups is 1. The van der Waals surface area contributed by atoms with Gasteiger partial charge < -0.3 is 9.64 Å². The van der Waals surface area contributed by atoms with E-state index >= 15 is 0 Å². The molecule has 1 heterocycles. The highest BCUT2D eigenvalue weighted by atomic mass is 32.1. The van der Waals surface area contributed by atoms with Gasteiger partial charge in [-0.2, -0.15) is 0 Å². The molecular weight excluding hydrogens is 389 g/mol. The van der Waals surface area contributed by atoms with E-state index in [1.807, 2.05) is 11.9 Å². The Balaban J connectivity index is 0.00000117. The van der Waals surface area contributed by atoms with Crippen LogP contribution in [0.15, 0.2) is 12.2 Å². The monoisotopic (exact) mass is 423 g/mol. The zero-order valence-corrected chi connectivity index (χ0v) is 18.8. The molecule has 3 fully saturated rings. The van der Waals surface area contributed by atoms with E-state index in [9.17, 15) is 14.0 Å². The zero-order valence-electron chi connectivity index (χ0n) is 18.0. The molecule has 4 aliphatic rings. The van der Waals surface area contributed by atoms with E-state index in [1.165, 1.54) is 7.11 Å². The van der Waals surface area contributed by atoms with Gasteiger partial charge in [0.2, 0.25) is 12.1 Å². The van der Waals surface area contributed by atoms with Crippen molar-refractivity contribution in [2.45, 2.75) is 64.6 Å². The van der Waals surface area contributed by atoms with Crippen molar-refractivity contribution >= 4 is 30.0 Å². The quantitative estimate of drug-likeness (QED) is 0.489. The van der Waals surface area contributed by atoms with Crippen molar-refractivity contribution in [3.05, 3.63) is 12.2 Å². The number of likely N-dealkylation sites (N-methyl/N-ethyl adjacent to an activating group) is 1. The fraction of sp³-hybridized carbons (Fsp3) is 0.783. The normalized spacial score (nSPS) is 44.0. The minimum absolute atomic E-state index is 0.00244. The van der Waals surface area contributed by atoms with E-state index in [1.54, 1.807) is 6.08 Å². The van der Waals surface area contributed by atoms with Gasteiger partial charge in [0.05, 0.1) is 7.11 Å². The Kier molecular flexibility index (Phi) is 6.24. The Morgan fingerprint density at radius 2 is 1.93 bits per heavy atom. The maximum absolute atomic E-state index is 14.9. The van der Waals surface area contributed by atoms with Crippen LogP contribution in [0.25, 0.3) is 0 Å². The van der Waals surface area contributed by atoms with E-state index in [2.05, 4.69) is 38.0 Å². The van der Waals surface area contributed by atoms with Gasteiger partial charge in [-0.3, -0.25) is 4.79 Å². The number of alkyl halides is 1. The van der Waals surface area contributed by atoms with Gasteiger partial charge in [0.25, 0.3) is 0 Å². The fourth-order valence-corrected chi connectivity index (χ4v) is 7.54. The van der Waals surface area contributed by atoms with Crippen molar-refractivity contribution in [2.24, 2.45) is 34.5 Å². The number of hydrogen-bond acceptors (Lipinski definition) is 4. The summed E-state index contributed by atoms with van der Waals surface area (Å²) in [5.41, 5.74) is -0.124. The number of hydrogen-bond donors (Lipinski definition) is 0. The third-order valence-electron chi connectivity index (χ3n) is 8.98. The molecule has 1 aliphatic heterocycles. The average molecular weight is 424 g/mol. The minimum atomic E-state index is -1.51. The SMILES string of the molecule is C=S.COC(=O)C(F)C1CCC2C3CCC4N(C)C(=O)C=CC4(C)C3CCC12C. The number of esters is 1. The van der Waals surface area contributed by atoms with E-state index in [0.717, 1.165) is 38.5 Å². The summed E-state index contributed by atoms with van der Waals surface area (Å²) in [7, 11) is 3.20. The van der Waals surface area contributed by atoms with Crippen LogP contribution in [0.4, 0.5) is 4.39 Å². The van der Waals surface area contributed by atoms with E-state index < -0.39 is 12.1 Å². The Labute approximate surface area is 179 Å². The maximum Gasteiger partial charge on any atom is 0.340 e. The molecule has 0 bridgehead atoms. The van der Waals surface area contributed by atoms with Crippen LogP contribution < -0.4 is 0 Å². The topological polar surface area (TPSA) is 46.6 Å². The molecule has 0 aromatic rings. The minimum Gasteiger partial charge on any atom is -0.467 e. The number of fused-ring (bicyclic) bond motifs is 5. The van der Waals surface area contributed by atoms with Gasteiger partial charge in [-0.1, -0.05) is 32.1 Å². The fourth-order valence-electron chi connectivity index (χ4n) is 7.54. The van der Waals surface area contributed by atoms with Crippen molar-refractivity contribution in [3.63, 3.8) is 0 Å². The molecule has 162 valence electrons. The van der Waals surface area contributed by atoms with E-state index in [4.69, 9.17) is 4.74 Å². The van der Waals surface area contributed by atoms with Gasteiger partial charge in [0.1, 0.15) is 0 Å². The zero-order chi connectivity index (χ0) is 21.6. The molecule has 4 nitrogen and oxygen atoms in total. The maximum atomic E-state index is 14.9. The predicted molar refractivity (Wildman–Crippen MR) is 115 cm³/mol. The molecule has 1 amide bonds. The molecule has 0 spiro atoms. The lowest BCUT2D eigenvalue weighted by Gasteiger charge is -2.60. The molecule has 8 atom stereocenters. The molecule has 29 heavy (non-hydrogen) atoms. The van der Waals surface area contributed by atoms with Crippen molar-refractivity contribution in [3.8, 4) is 0 Å². The Bertz CT molecular complexity index is 700. The Morgan fingerprint density at radius 1 is 1.24 bits per heavy atom. The second kappa shape index (κ2) is 8.09. The molecule has 0 aromatic carbocycles. The summed E-state index contributed by atoms with van der Waals surface area (Å²) in [4.78, 5) is 25.9. The van der Waals surface area contributed by atoms with Gasteiger partial charge in [-0.15, -0.1) is 0 Å². The average Bonchev–Trinajstić information content (AvgIpc) is 3.08. The van der Waals surface area contributed by atoms with Crippen LogP contribution in [0.1, 0.15) is 52.4 Å². The molecule has 0 radical (unpaired) electrons. The molecule has 0 N–H and O–H groups in total. The molecule has 0 aromatic heterocycles. The number of carbonyl (C=O) groups excluding carboxylic acids is 2. The highest BCUT2D eigenvalue weighted by Gasteiger charge is 2.62. The van der Waals surface area contributed by atoms with Crippen LogP contribution in [0.5, 0.6) is 0 Å². The van der Waals surface area contributed by atoms with Crippen molar-refractivity contribution < 1.29 is 18.7 Å². The first-order valence-electron chi connectivity index (χ1n) is 10.7. The van der Waals surface area contributed by atoms with Gasteiger partial charge in [-0.05, 0) is 73.6 Å². The summed E-state index contributed by atoms with van der Waals surface area (Å²) in [6, 6.07) is 0.266. The number of methoxy groups -OCH3 is 1. The molecule has 0 saturated heterocycles. The first kappa shape index (κ1) is 22.4. The first-order valence-corrected chi connectivity index (χ1v) is 11.3. The van der Waals surface area contributed by atoms with Crippen molar-refractivity contribution in [1.29, 1.82) is 0 Å². The van der Waals surface area contributed by atoms with Crippen LogP contribution in [-0.2, 0) is 14.3 Å². The predicted octanol–water partition coefficient (Wildman–Crippen LogP) is 4.37. The lowest BCUT2D eigenvalue weighted by atomic mass is 9.47. The molecule has 4 rings (SSSR count). The second-order valence-electron chi connectivity index (χ2n) is 9.77. The van der Waals surface area contributed by atoms with Gasteiger partial charge in [0.15, 0.2) is 0 Å². The molecule has 3 saturated carbocycles. The number of nitrogens with zero attached hydrogens (tertiary/aromatic N) is 1. The number of carbonyl (C=O) groups is 2. The van der Waals surface area contributed by atoms with Gasteiger partial charge >= 0.3 is 5.97 Å². The Morgan fingerprint density at radius 3 is 2.59 bits per heavy atom. The van der Waals surface area contributed by atoms with Crippen LogP contribution in [0.2, 0.25) is 0 Å². The van der Waals surface area contributed by atoms with E-state index in [0.29, 0.717) is 17.8 Å².